The number of H-pyrrole nitrogens is 1. The fraction of sp³-hybridized carbons (Fsp3) is 0.240. The Morgan fingerprint density at radius 2 is 2.02 bits per heavy atom. The van der Waals surface area contributed by atoms with E-state index in [-0.39, 0.29) is 56.4 Å². The first-order valence-electron chi connectivity index (χ1n) is 12.1. The molecule has 2 aliphatic rings. The van der Waals surface area contributed by atoms with Gasteiger partial charge in [-0.25, -0.2) is 14.4 Å². The lowest BCUT2D eigenvalue weighted by molar-refractivity contribution is -0.129. The number of aromatic amines is 1. The van der Waals surface area contributed by atoms with Crippen molar-refractivity contribution in [1.29, 1.82) is 0 Å². The summed E-state index contributed by atoms with van der Waals surface area (Å²) < 4.78 is 31.7. The second kappa shape index (κ2) is 10.1. The lowest BCUT2D eigenvalue weighted by Gasteiger charge is -2.33. The molecule has 40 heavy (non-hydrogen) atoms. The van der Waals surface area contributed by atoms with Crippen molar-refractivity contribution in [2.24, 2.45) is 0 Å². The normalized spacial score (nSPS) is 18.6. The number of pyridine rings is 1. The van der Waals surface area contributed by atoms with Gasteiger partial charge in [0.05, 0.1) is 21.8 Å². The molecule has 0 saturated carbocycles. The van der Waals surface area contributed by atoms with Crippen molar-refractivity contribution >= 4 is 46.4 Å². The number of halogens is 4. The Kier molecular flexibility index (Phi) is 6.55. The van der Waals surface area contributed by atoms with Gasteiger partial charge in [0.15, 0.2) is 5.82 Å². The minimum Gasteiger partial charge on any atom is -0.326 e. The third-order valence-corrected chi connectivity index (χ3v) is 7.50. The Morgan fingerprint density at radius 3 is 2.77 bits per heavy atom. The number of amides is 2. The molecule has 15 heteroatoms. The average molecular weight is 586 g/mol. The summed E-state index contributed by atoms with van der Waals surface area (Å²) in [6, 6.07) is 3.58. The van der Waals surface area contributed by atoms with E-state index in [0.717, 1.165) is 0 Å². The monoisotopic (exact) mass is 585 g/mol. The smallest absolute Gasteiger partial charge is 0.247 e. The summed E-state index contributed by atoms with van der Waals surface area (Å²) in [6.07, 6.45) is 5.39. The lowest BCUT2D eigenvalue weighted by atomic mass is 9.92. The number of tetrazole rings is 1. The molecule has 5 heterocycles. The van der Waals surface area contributed by atoms with E-state index < -0.39 is 17.8 Å². The summed E-state index contributed by atoms with van der Waals surface area (Å²) in [5.41, 5.74) is 1.11. The van der Waals surface area contributed by atoms with Crippen molar-refractivity contribution in [3.05, 3.63) is 70.0 Å². The molecule has 2 amide bonds. The van der Waals surface area contributed by atoms with Gasteiger partial charge in [-0.05, 0) is 53.5 Å². The van der Waals surface area contributed by atoms with E-state index in [2.05, 4.69) is 35.8 Å². The summed E-state index contributed by atoms with van der Waals surface area (Å²) in [5, 5.41) is 13.7. The van der Waals surface area contributed by atoms with Crippen LogP contribution >= 0.6 is 23.2 Å². The summed E-state index contributed by atoms with van der Waals surface area (Å²) in [6.45, 7) is 1.32. The zero-order chi connectivity index (χ0) is 28.1. The number of carbonyl (C=O) groups excluding carboxylic acids is 2. The molecule has 204 valence electrons. The van der Waals surface area contributed by atoms with Crippen LogP contribution in [0.3, 0.4) is 0 Å². The van der Waals surface area contributed by atoms with Crippen molar-refractivity contribution in [3.63, 3.8) is 0 Å². The molecule has 0 spiro atoms. The van der Waals surface area contributed by atoms with Gasteiger partial charge in [0.25, 0.3) is 0 Å². The number of carbonyl (C=O) groups is 2. The van der Waals surface area contributed by atoms with Crippen LogP contribution in [0.15, 0.2) is 36.8 Å². The van der Waals surface area contributed by atoms with Crippen molar-refractivity contribution in [3.8, 4) is 16.9 Å². The molecule has 6 rings (SSSR count). The maximum atomic E-state index is 15.3. The number of nitrogens with zero attached hydrogens (tertiary/aromatic N) is 7. The number of nitrogens with one attached hydrogen (secondary N) is 2. The first-order valence-corrected chi connectivity index (χ1v) is 12.9. The van der Waals surface area contributed by atoms with E-state index in [1.54, 1.807) is 11.0 Å². The highest BCUT2D eigenvalue weighted by atomic mass is 35.5. The average Bonchev–Trinajstić information content (AvgIpc) is 3.66. The minimum absolute atomic E-state index is 0.0646. The highest BCUT2D eigenvalue weighted by molar-refractivity contribution is 6.33. The first-order chi connectivity index (χ1) is 19.2. The Hall–Kier alpha value is -4.23. The molecule has 11 nitrogen and oxygen atoms in total. The van der Waals surface area contributed by atoms with Gasteiger partial charge in [0.1, 0.15) is 23.7 Å². The van der Waals surface area contributed by atoms with Crippen LogP contribution in [-0.2, 0) is 9.59 Å². The predicted octanol–water partition coefficient (Wildman–Crippen LogP) is 4.51. The topological polar surface area (TPSA) is 135 Å². The van der Waals surface area contributed by atoms with Gasteiger partial charge in [-0.15, -0.1) is 5.10 Å². The molecule has 1 unspecified atom stereocenters. The quantitative estimate of drug-likeness (QED) is 0.352. The van der Waals surface area contributed by atoms with Gasteiger partial charge in [-0.3, -0.25) is 9.59 Å². The second-order valence-corrected chi connectivity index (χ2v) is 10.2. The van der Waals surface area contributed by atoms with Crippen LogP contribution in [0.25, 0.3) is 22.5 Å². The van der Waals surface area contributed by atoms with Crippen LogP contribution in [0.2, 0.25) is 10.0 Å². The number of hydrogen-bond acceptors (Lipinski definition) is 7. The molecule has 3 aromatic heterocycles. The summed E-state index contributed by atoms with van der Waals surface area (Å²) in [7, 11) is 0. The SMILES string of the molecule is CC(=O)Nc1cc(-c2nc([C@@H]3CCC4CC(c5c(-n6cnnn6)ccc(Cl)c5F)=CC(=O)N43)[nH]c2F)c(Cl)cn1. The zero-order valence-electron chi connectivity index (χ0n) is 20.7. The van der Waals surface area contributed by atoms with Crippen molar-refractivity contribution in [2.75, 3.05) is 5.32 Å². The van der Waals surface area contributed by atoms with Crippen molar-refractivity contribution < 1.29 is 18.4 Å². The van der Waals surface area contributed by atoms with E-state index in [9.17, 15) is 9.59 Å². The Morgan fingerprint density at radius 1 is 1.20 bits per heavy atom. The number of benzene rings is 1. The minimum atomic E-state index is -0.743. The molecule has 1 fully saturated rings. The number of anilines is 1. The summed E-state index contributed by atoms with van der Waals surface area (Å²) in [5.74, 6) is -1.70. The second-order valence-electron chi connectivity index (χ2n) is 9.39. The number of fused-ring (bicyclic) bond motifs is 1. The Bertz CT molecular complexity index is 1690. The zero-order valence-corrected chi connectivity index (χ0v) is 22.2. The predicted molar refractivity (Wildman–Crippen MR) is 140 cm³/mol. The van der Waals surface area contributed by atoms with E-state index >= 15 is 8.78 Å². The standard InChI is InChI=1S/C25H19Cl2F2N9O2/c1-11(39)32-19-8-14(16(27)9-30-19)23-24(29)34-25(33-23)18-4-2-13-6-12(7-20(40)38(13)18)21-17(37-10-31-35-36-37)5-3-15(26)22(21)28/h3,5,7-10,13,18H,2,4,6H2,1H3,(H,33,34)(H,30,32,39)/t13?,18-/m0/s1. The van der Waals surface area contributed by atoms with Crippen LogP contribution < -0.4 is 5.32 Å². The number of rotatable bonds is 5. The third kappa shape index (κ3) is 4.50. The van der Waals surface area contributed by atoms with Crippen LogP contribution in [0.1, 0.15) is 43.6 Å². The van der Waals surface area contributed by atoms with Crippen LogP contribution in [0.5, 0.6) is 0 Å². The van der Waals surface area contributed by atoms with Gasteiger partial charge in [-0.1, -0.05) is 23.2 Å². The molecular weight excluding hydrogens is 567 g/mol. The number of hydrogen-bond donors (Lipinski definition) is 2. The third-order valence-electron chi connectivity index (χ3n) is 6.91. The molecule has 4 aromatic rings. The van der Waals surface area contributed by atoms with Crippen LogP contribution in [0, 0.1) is 11.8 Å². The van der Waals surface area contributed by atoms with Crippen LogP contribution in [-0.4, -0.2) is 57.9 Å². The Labute approximate surface area is 235 Å². The highest BCUT2D eigenvalue weighted by Crippen LogP contribution is 2.44. The van der Waals surface area contributed by atoms with Crippen molar-refractivity contribution in [2.45, 2.75) is 38.3 Å². The molecule has 2 N–H and O–H groups in total. The first kappa shape index (κ1) is 26.0. The van der Waals surface area contributed by atoms with Crippen molar-refractivity contribution in [1.82, 2.24) is 40.1 Å². The molecule has 1 saturated heterocycles. The van der Waals surface area contributed by atoms with Gasteiger partial charge in [0, 0.05) is 36.4 Å². The van der Waals surface area contributed by atoms with Crippen LogP contribution in [0.4, 0.5) is 14.6 Å². The largest absolute Gasteiger partial charge is 0.326 e. The van der Waals surface area contributed by atoms with Gasteiger partial charge in [0.2, 0.25) is 17.8 Å². The fourth-order valence-electron chi connectivity index (χ4n) is 5.28. The summed E-state index contributed by atoms with van der Waals surface area (Å²) in [4.78, 5) is 37.6. The number of imidazole rings is 1. The lowest BCUT2D eigenvalue weighted by Crippen LogP contribution is -2.39. The highest BCUT2D eigenvalue weighted by Gasteiger charge is 2.42. The molecule has 2 atom stereocenters. The molecule has 2 aliphatic heterocycles. The molecule has 1 aromatic carbocycles. The molecular formula is C25H19Cl2F2N9O2. The molecule has 0 aliphatic carbocycles. The van der Waals surface area contributed by atoms with E-state index in [0.29, 0.717) is 30.5 Å². The maximum absolute atomic E-state index is 15.3. The van der Waals surface area contributed by atoms with E-state index in [1.165, 1.54) is 42.3 Å². The van der Waals surface area contributed by atoms with Gasteiger partial charge in [-0.2, -0.15) is 9.07 Å². The molecule has 0 bridgehead atoms. The maximum Gasteiger partial charge on any atom is 0.247 e. The molecule has 0 radical (unpaired) electrons. The number of aromatic nitrogens is 7. The summed E-state index contributed by atoms with van der Waals surface area (Å²) >= 11 is 12.4. The van der Waals surface area contributed by atoms with E-state index in [4.69, 9.17) is 23.2 Å². The van der Waals surface area contributed by atoms with Gasteiger partial charge >= 0.3 is 0 Å². The van der Waals surface area contributed by atoms with Gasteiger partial charge < -0.3 is 15.2 Å². The fourth-order valence-corrected chi connectivity index (χ4v) is 5.63. The Balaban J connectivity index is 1.33. The van der Waals surface area contributed by atoms with E-state index in [1.807, 2.05) is 0 Å².